The van der Waals surface area contributed by atoms with E-state index in [1.807, 2.05) is 0 Å². The van der Waals surface area contributed by atoms with E-state index in [1.165, 1.54) is 0 Å². The monoisotopic (exact) mass is 252 g/mol. The van der Waals surface area contributed by atoms with Crippen molar-refractivity contribution in [3.05, 3.63) is 40.4 Å². The van der Waals surface area contributed by atoms with E-state index in [2.05, 4.69) is 4.29 Å². The van der Waals surface area contributed by atoms with Crippen LogP contribution in [0.5, 0.6) is 0 Å². The van der Waals surface area contributed by atoms with Gasteiger partial charge in [-0.05, 0) is 12.1 Å². The van der Waals surface area contributed by atoms with Crippen LogP contribution in [-0.2, 0) is 9.08 Å². The number of hydrogen-bond acceptors (Lipinski definition) is 2. The summed E-state index contributed by atoms with van der Waals surface area (Å²) in [6.07, 6.45) is 1.96. The lowest BCUT2D eigenvalue weighted by molar-refractivity contribution is -0.128. The second-order valence-corrected chi connectivity index (χ2v) is 3.08. The molecule has 0 unspecified atom stereocenters. The maximum Gasteiger partial charge on any atom is 0.349 e. The van der Waals surface area contributed by atoms with Crippen molar-refractivity contribution in [2.75, 3.05) is 0 Å². The predicted molar refractivity (Wildman–Crippen MR) is 52.3 cm³/mol. The van der Waals surface area contributed by atoms with Crippen LogP contribution in [0.4, 0.5) is 8.78 Å². The van der Waals surface area contributed by atoms with Crippen LogP contribution in [0.3, 0.4) is 0 Å². The van der Waals surface area contributed by atoms with Gasteiger partial charge in [0.25, 0.3) is 0 Å². The van der Waals surface area contributed by atoms with E-state index in [1.54, 1.807) is 0 Å². The lowest BCUT2D eigenvalue weighted by Gasteiger charge is -1.98. The molecular weight excluding hydrogens is 249 g/mol. The van der Waals surface area contributed by atoms with Gasteiger partial charge < -0.3 is 4.29 Å². The summed E-state index contributed by atoms with van der Waals surface area (Å²) in [5, 5.41) is -0.240. The molecule has 0 radical (unpaired) electrons. The minimum absolute atomic E-state index is 0.0385. The second kappa shape index (κ2) is 5.09. The van der Waals surface area contributed by atoms with Crippen LogP contribution in [0.1, 0.15) is 5.56 Å². The molecular formula is C9H4Cl2F2O2. The molecule has 0 spiro atoms. The number of carbonyl (C=O) groups excluding carboxylic acids is 1. The average molecular weight is 253 g/mol. The first-order chi connectivity index (χ1) is 7.04. The van der Waals surface area contributed by atoms with Crippen molar-refractivity contribution in [1.82, 2.24) is 0 Å². The molecule has 0 saturated heterocycles. The molecule has 0 atom stereocenters. The molecule has 15 heavy (non-hydrogen) atoms. The van der Waals surface area contributed by atoms with Crippen LogP contribution in [0.2, 0.25) is 5.02 Å². The molecule has 80 valence electrons. The lowest BCUT2D eigenvalue weighted by Crippen LogP contribution is -1.91. The summed E-state index contributed by atoms with van der Waals surface area (Å²) in [5.74, 6) is -2.57. The molecule has 0 aliphatic heterocycles. The minimum atomic E-state index is -0.869. The van der Waals surface area contributed by atoms with Crippen molar-refractivity contribution >= 4 is 35.5 Å². The van der Waals surface area contributed by atoms with Gasteiger partial charge in [0.2, 0.25) is 0 Å². The summed E-state index contributed by atoms with van der Waals surface area (Å²) in [6, 6.07) is 1.66. The van der Waals surface area contributed by atoms with Gasteiger partial charge in [0, 0.05) is 17.7 Å². The first-order valence-corrected chi connectivity index (χ1v) is 4.38. The highest BCUT2D eigenvalue weighted by molar-refractivity contribution is 6.30. The third-order valence-electron chi connectivity index (χ3n) is 1.51. The van der Waals surface area contributed by atoms with Crippen LogP contribution in [-0.4, -0.2) is 5.97 Å². The van der Waals surface area contributed by atoms with Gasteiger partial charge in [0.1, 0.15) is 23.5 Å². The lowest BCUT2D eigenvalue weighted by atomic mass is 10.2. The number of rotatable bonds is 2. The van der Waals surface area contributed by atoms with Gasteiger partial charge in [-0.1, -0.05) is 11.6 Å². The van der Waals surface area contributed by atoms with E-state index in [-0.39, 0.29) is 10.6 Å². The van der Waals surface area contributed by atoms with Crippen molar-refractivity contribution in [2.24, 2.45) is 0 Å². The number of halogens is 4. The molecule has 0 bridgehead atoms. The largest absolute Gasteiger partial charge is 0.349 e. The summed E-state index contributed by atoms with van der Waals surface area (Å²) >= 11 is 10.2. The van der Waals surface area contributed by atoms with E-state index in [0.717, 1.165) is 18.2 Å². The summed E-state index contributed by atoms with van der Waals surface area (Å²) in [7, 11) is 0. The molecule has 0 aliphatic carbocycles. The topological polar surface area (TPSA) is 26.3 Å². The Bertz CT molecular complexity index is 419. The second-order valence-electron chi connectivity index (χ2n) is 2.52. The van der Waals surface area contributed by atoms with E-state index in [9.17, 15) is 13.6 Å². The SMILES string of the molecule is O=C(/C=C/c1cc(Cl)c(F)cc1F)OCl. The zero-order chi connectivity index (χ0) is 11.4. The summed E-state index contributed by atoms with van der Waals surface area (Å²) in [6.45, 7) is 0. The number of benzene rings is 1. The standard InChI is InChI=1S/C9H4Cl2F2O2/c10-6-3-5(1-2-9(14)15-11)7(12)4-8(6)13/h1-4H/b2-1+. The minimum Gasteiger partial charge on any atom is -0.344 e. The summed E-state index contributed by atoms with van der Waals surface area (Å²) in [4.78, 5) is 10.6. The van der Waals surface area contributed by atoms with Gasteiger partial charge in [-0.3, -0.25) is 0 Å². The Kier molecular flexibility index (Phi) is 4.05. The third kappa shape index (κ3) is 3.18. The van der Waals surface area contributed by atoms with E-state index < -0.39 is 17.6 Å². The van der Waals surface area contributed by atoms with Crippen LogP contribution in [0.15, 0.2) is 18.2 Å². The smallest absolute Gasteiger partial charge is 0.344 e. The first-order valence-electron chi connectivity index (χ1n) is 3.69. The molecule has 0 saturated carbocycles. The maximum absolute atomic E-state index is 13.0. The molecule has 6 heteroatoms. The summed E-state index contributed by atoms with van der Waals surface area (Å²) in [5.41, 5.74) is -0.0385. The number of carbonyl (C=O) groups is 1. The molecule has 1 rings (SSSR count). The molecule has 0 heterocycles. The van der Waals surface area contributed by atoms with Gasteiger partial charge in [0.15, 0.2) is 0 Å². The fourth-order valence-electron chi connectivity index (χ4n) is 0.849. The zero-order valence-corrected chi connectivity index (χ0v) is 8.65. The Hall–Kier alpha value is -1.13. The zero-order valence-electron chi connectivity index (χ0n) is 7.14. The molecule has 0 aliphatic rings. The Morgan fingerprint density at radius 3 is 2.60 bits per heavy atom. The molecule has 1 aromatic rings. The van der Waals surface area contributed by atoms with Gasteiger partial charge in [-0.15, -0.1) is 0 Å². The summed E-state index contributed by atoms with van der Waals surface area (Å²) < 4.78 is 29.5. The van der Waals surface area contributed by atoms with Crippen LogP contribution in [0.25, 0.3) is 6.08 Å². The van der Waals surface area contributed by atoms with Gasteiger partial charge in [-0.25, -0.2) is 13.6 Å². The molecule has 0 fully saturated rings. The van der Waals surface area contributed by atoms with E-state index >= 15 is 0 Å². The van der Waals surface area contributed by atoms with Crippen LogP contribution < -0.4 is 0 Å². The van der Waals surface area contributed by atoms with Crippen molar-refractivity contribution in [3.8, 4) is 0 Å². The maximum atomic E-state index is 13.0. The molecule has 2 nitrogen and oxygen atoms in total. The van der Waals surface area contributed by atoms with Gasteiger partial charge in [0.05, 0.1) is 5.02 Å². The first kappa shape index (κ1) is 11.9. The van der Waals surface area contributed by atoms with Gasteiger partial charge >= 0.3 is 5.97 Å². The molecule has 0 amide bonds. The molecule has 0 N–H and O–H groups in total. The predicted octanol–water partition coefficient (Wildman–Crippen LogP) is 3.33. The quantitative estimate of drug-likeness (QED) is 0.596. The van der Waals surface area contributed by atoms with Crippen molar-refractivity contribution in [2.45, 2.75) is 0 Å². The fourth-order valence-corrected chi connectivity index (χ4v) is 1.07. The van der Waals surface area contributed by atoms with Crippen LogP contribution >= 0.6 is 23.5 Å². The normalized spacial score (nSPS) is 10.7. The highest BCUT2D eigenvalue weighted by atomic mass is 35.5. The highest BCUT2D eigenvalue weighted by Crippen LogP contribution is 2.20. The third-order valence-corrected chi connectivity index (χ3v) is 1.96. The van der Waals surface area contributed by atoms with Crippen molar-refractivity contribution in [1.29, 1.82) is 0 Å². The number of hydrogen-bond donors (Lipinski definition) is 0. The molecule has 0 aromatic heterocycles. The van der Waals surface area contributed by atoms with Gasteiger partial charge in [-0.2, -0.15) is 0 Å². The fraction of sp³-hybridized carbons (Fsp3) is 0. The average Bonchev–Trinajstić information content (AvgIpc) is 2.21. The Morgan fingerprint density at radius 1 is 1.33 bits per heavy atom. The Morgan fingerprint density at radius 2 is 2.00 bits per heavy atom. The Labute approximate surface area is 94.2 Å². The van der Waals surface area contributed by atoms with Crippen molar-refractivity contribution in [3.63, 3.8) is 0 Å². The highest BCUT2D eigenvalue weighted by Gasteiger charge is 2.06. The van der Waals surface area contributed by atoms with Crippen molar-refractivity contribution < 1.29 is 17.9 Å². The van der Waals surface area contributed by atoms with Crippen LogP contribution in [0, 0.1) is 11.6 Å². The Balaban J connectivity index is 3.00. The van der Waals surface area contributed by atoms with E-state index in [4.69, 9.17) is 23.5 Å². The molecule has 1 aromatic carbocycles. The van der Waals surface area contributed by atoms with E-state index in [0.29, 0.717) is 6.07 Å².